The van der Waals surface area contributed by atoms with Gasteiger partial charge in [0.15, 0.2) is 5.82 Å². The maximum absolute atomic E-state index is 12.2. The normalized spacial score (nSPS) is 18.2. The van der Waals surface area contributed by atoms with E-state index in [1.54, 1.807) is 4.68 Å². The van der Waals surface area contributed by atoms with Crippen LogP contribution in [0.5, 0.6) is 0 Å². The van der Waals surface area contributed by atoms with Gasteiger partial charge in [-0.3, -0.25) is 24.7 Å². The molecule has 0 unspecified atom stereocenters. The zero-order valence-electron chi connectivity index (χ0n) is 16.7. The number of aliphatic imine (C=N–C) groups is 1. The molecule has 0 aliphatic carbocycles. The van der Waals surface area contributed by atoms with E-state index in [0.29, 0.717) is 12.4 Å². The molecule has 1 fully saturated rings. The van der Waals surface area contributed by atoms with E-state index in [-0.39, 0.29) is 17.7 Å². The summed E-state index contributed by atoms with van der Waals surface area (Å²) in [5.74, 6) is 0.341. The number of rotatable bonds is 2. The molecule has 4 rings (SSSR count). The van der Waals surface area contributed by atoms with Crippen LogP contribution in [0.4, 0.5) is 10.6 Å². The fraction of sp³-hybridized carbons (Fsp3) is 0.429. The molecule has 2 aliphatic rings. The lowest BCUT2D eigenvalue weighted by molar-refractivity contribution is -0.120. The number of anilines is 1. The number of allylic oxidation sites excluding steroid dienone is 1. The molecule has 0 saturated carbocycles. The van der Waals surface area contributed by atoms with Gasteiger partial charge in [-0.15, -0.1) is 0 Å². The molecule has 7 heteroatoms. The maximum Gasteiger partial charge on any atom is 0.329 e. The van der Waals surface area contributed by atoms with Crippen LogP contribution < -0.4 is 10.2 Å². The van der Waals surface area contributed by atoms with Gasteiger partial charge in [-0.25, -0.2) is 4.79 Å². The molecule has 3 amide bonds. The molecular formula is C21H25N5O2. The molecule has 146 valence electrons. The Bertz CT molecular complexity index is 1040. The van der Waals surface area contributed by atoms with Crippen LogP contribution in [0, 0.1) is 5.41 Å². The summed E-state index contributed by atoms with van der Waals surface area (Å²) in [5.41, 5.74) is 4.52. The van der Waals surface area contributed by atoms with Gasteiger partial charge in [-0.1, -0.05) is 26.8 Å². The molecule has 1 N–H and O–H groups in total. The van der Waals surface area contributed by atoms with E-state index in [2.05, 4.69) is 54.4 Å². The molecule has 0 bridgehead atoms. The van der Waals surface area contributed by atoms with E-state index in [9.17, 15) is 9.59 Å². The topological polar surface area (TPSA) is 79.6 Å². The number of carbonyl (C=O) groups is 2. The maximum atomic E-state index is 12.2. The summed E-state index contributed by atoms with van der Waals surface area (Å²) >= 11 is 0. The zero-order valence-corrected chi connectivity index (χ0v) is 16.7. The van der Waals surface area contributed by atoms with Crippen LogP contribution in [0.1, 0.15) is 39.2 Å². The second-order valence-electron chi connectivity index (χ2n) is 8.37. The number of carbonyl (C=O) groups excluding carboxylic acids is 2. The van der Waals surface area contributed by atoms with Gasteiger partial charge < -0.3 is 0 Å². The second-order valence-corrected chi connectivity index (χ2v) is 8.37. The molecule has 0 radical (unpaired) electrons. The van der Waals surface area contributed by atoms with Crippen molar-refractivity contribution in [2.75, 3.05) is 18.0 Å². The molecule has 28 heavy (non-hydrogen) atoms. The highest BCUT2D eigenvalue weighted by Crippen LogP contribution is 2.32. The molecule has 0 atom stereocenters. The van der Waals surface area contributed by atoms with Crippen molar-refractivity contribution in [2.45, 2.75) is 33.6 Å². The van der Waals surface area contributed by atoms with Crippen molar-refractivity contribution in [3.63, 3.8) is 0 Å². The second kappa shape index (κ2) is 6.58. The number of nitrogens with one attached hydrogen (secondary N) is 1. The van der Waals surface area contributed by atoms with Crippen LogP contribution >= 0.6 is 0 Å². The van der Waals surface area contributed by atoms with Crippen molar-refractivity contribution in [2.24, 2.45) is 17.5 Å². The van der Waals surface area contributed by atoms with Crippen LogP contribution in [0.2, 0.25) is 0 Å². The highest BCUT2D eigenvalue weighted by molar-refractivity contribution is 6.09. The van der Waals surface area contributed by atoms with Crippen molar-refractivity contribution in [1.82, 2.24) is 15.1 Å². The number of dihydropyridines is 1. The third-order valence-electron chi connectivity index (χ3n) is 5.26. The predicted octanol–water partition coefficient (Wildman–Crippen LogP) is 3.29. The quantitative estimate of drug-likeness (QED) is 0.869. The molecule has 1 aromatic carbocycles. The minimum atomic E-state index is -0.415. The molecule has 0 spiro atoms. The number of nitrogens with zero attached hydrogens (tertiary/aromatic N) is 4. The zero-order chi connectivity index (χ0) is 20.1. The first-order valence-electron chi connectivity index (χ1n) is 9.58. The summed E-state index contributed by atoms with van der Waals surface area (Å²) in [6, 6.07) is 5.80. The fourth-order valence-corrected chi connectivity index (χ4v) is 3.66. The van der Waals surface area contributed by atoms with Crippen molar-refractivity contribution >= 4 is 39.9 Å². The number of aromatic nitrogens is 2. The molecule has 7 nitrogen and oxygen atoms in total. The number of urea groups is 1. The van der Waals surface area contributed by atoms with E-state index in [1.807, 2.05) is 13.1 Å². The smallest absolute Gasteiger partial charge is 0.289 e. The predicted molar refractivity (Wildman–Crippen MR) is 111 cm³/mol. The monoisotopic (exact) mass is 379 g/mol. The largest absolute Gasteiger partial charge is 0.329 e. The first-order valence-corrected chi connectivity index (χ1v) is 9.58. The minimum absolute atomic E-state index is 0.0223. The number of amides is 3. The standard InChI is InChI=1S/C21H25N5O2/c1-21(2,3)17-12-14(7-9-22-17)13-5-6-15-16(11-13)25(4)24-19(15)26-10-8-18(27)23-20(26)28/h5-6,11-12H,7-10H2,1-4H3,(H,23,27,28). The Hall–Kier alpha value is -2.96. The van der Waals surface area contributed by atoms with Crippen molar-refractivity contribution in [1.29, 1.82) is 0 Å². The van der Waals surface area contributed by atoms with Crippen LogP contribution in [-0.2, 0) is 11.8 Å². The van der Waals surface area contributed by atoms with Crippen LogP contribution in [-0.4, -0.2) is 40.5 Å². The molecule has 1 saturated heterocycles. The number of aryl methyl sites for hydroxylation is 1. The Morgan fingerprint density at radius 1 is 1.14 bits per heavy atom. The Balaban J connectivity index is 1.73. The molecule has 2 aromatic rings. The van der Waals surface area contributed by atoms with Crippen molar-refractivity contribution in [3.05, 3.63) is 29.8 Å². The third kappa shape index (κ3) is 3.21. The highest BCUT2D eigenvalue weighted by atomic mass is 16.2. The Labute approximate surface area is 164 Å². The summed E-state index contributed by atoms with van der Waals surface area (Å²) in [6.07, 6.45) is 3.39. The lowest BCUT2D eigenvalue weighted by Crippen LogP contribution is -2.49. The van der Waals surface area contributed by atoms with Crippen LogP contribution in [0.25, 0.3) is 16.5 Å². The molecule has 2 aliphatic heterocycles. The first kappa shape index (κ1) is 18.4. The Morgan fingerprint density at radius 3 is 2.64 bits per heavy atom. The minimum Gasteiger partial charge on any atom is -0.289 e. The van der Waals surface area contributed by atoms with Gasteiger partial charge in [0.05, 0.1) is 5.52 Å². The summed E-state index contributed by atoms with van der Waals surface area (Å²) < 4.78 is 1.79. The van der Waals surface area contributed by atoms with Gasteiger partial charge in [-0.05, 0) is 35.8 Å². The van der Waals surface area contributed by atoms with Crippen molar-refractivity contribution < 1.29 is 9.59 Å². The average Bonchev–Trinajstić information content (AvgIpc) is 2.97. The summed E-state index contributed by atoms with van der Waals surface area (Å²) in [6.45, 7) is 7.67. The Morgan fingerprint density at radius 2 is 1.93 bits per heavy atom. The number of benzene rings is 1. The molecule has 3 heterocycles. The van der Waals surface area contributed by atoms with Crippen molar-refractivity contribution in [3.8, 4) is 0 Å². The average molecular weight is 379 g/mol. The van der Waals surface area contributed by atoms with E-state index in [0.717, 1.165) is 35.1 Å². The SMILES string of the molecule is Cn1nc(N2CCC(=O)NC2=O)c2ccc(C3=CC(C(C)(C)C)=NCC3)cc21. The van der Waals surface area contributed by atoms with Gasteiger partial charge in [0.2, 0.25) is 5.91 Å². The van der Waals surface area contributed by atoms with Gasteiger partial charge in [-0.2, -0.15) is 5.10 Å². The first-order chi connectivity index (χ1) is 13.2. The van der Waals surface area contributed by atoms with E-state index < -0.39 is 6.03 Å². The number of hydrogen-bond acceptors (Lipinski definition) is 4. The van der Waals surface area contributed by atoms with E-state index in [1.165, 1.54) is 10.5 Å². The number of imide groups is 1. The van der Waals surface area contributed by atoms with Gasteiger partial charge >= 0.3 is 6.03 Å². The van der Waals surface area contributed by atoms with Gasteiger partial charge in [0.25, 0.3) is 0 Å². The summed E-state index contributed by atoms with van der Waals surface area (Å²) in [7, 11) is 1.87. The number of hydrogen-bond donors (Lipinski definition) is 1. The fourth-order valence-electron chi connectivity index (χ4n) is 3.66. The van der Waals surface area contributed by atoms with Crippen LogP contribution in [0.3, 0.4) is 0 Å². The van der Waals surface area contributed by atoms with Crippen LogP contribution in [0.15, 0.2) is 29.3 Å². The Kier molecular flexibility index (Phi) is 4.33. The molecular weight excluding hydrogens is 354 g/mol. The lowest BCUT2D eigenvalue weighted by atomic mass is 9.85. The number of fused-ring (bicyclic) bond motifs is 1. The van der Waals surface area contributed by atoms with Gasteiger partial charge in [0.1, 0.15) is 0 Å². The lowest BCUT2D eigenvalue weighted by Gasteiger charge is -2.24. The van der Waals surface area contributed by atoms with E-state index in [4.69, 9.17) is 0 Å². The third-order valence-corrected chi connectivity index (χ3v) is 5.26. The van der Waals surface area contributed by atoms with E-state index >= 15 is 0 Å². The highest BCUT2D eigenvalue weighted by Gasteiger charge is 2.28. The molecule has 1 aromatic heterocycles. The summed E-state index contributed by atoms with van der Waals surface area (Å²) in [4.78, 5) is 29.9. The summed E-state index contributed by atoms with van der Waals surface area (Å²) in [5, 5.41) is 7.82. The van der Waals surface area contributed by atoms with Gasteiger partial charge in [0, 0.05) is 43.1 Å².